The molecule has 0 aromatic rings. The lowest BCUT2D eigenvalue weighted by atomic mass is 9.94. The van der Waals surface area contributed by atoms with Gasteiger partial charge in [-0.25, -0.2) is 0 Å². The second kappa shape index (κ2) is 12.0. The van der Waals surface area contributed by atoms with Gasteiger partial charge in [-0.2, -0.15) is 0 Å². The van der Waals surface area contributed by atoms with E-state index in [-0.39, 0.29) is 18.6 Å². The Morgan fingerprint density at radius 2 is 2.00 bits per heavy atom. The lowest BCUT2D eigenvalue weighted by Crippen LogP contribution is -2.33. The van der Waals surface area contributed by atoms with Crippen molar-refractivity contribution >= 4 is 28.8 Å². The first-order valence-corrected chi connectivity index (χ1v) is 8.33. The quantitative estimate of drug-likeness (QED) is 0.186. The predicted molar refractivity (Wildman–Crippen MR) is 86.7 cm³/mol. The molecular weight excluding hydrogens is 359 g/mol. The van der Waals surface area contributed by atoms with Crippen LogP contribution in [0, 0.1) is 11.8 Å². The van der Waals surface area contributed by atoms with Crippen molar-refractivity contribution in [3.05, 3.63) is 0 Å². The van der Waals surface area contributed by atoms with E-state index in [1.807, 2.05) is 6.92 Å². The Bertz CT molecular complexity index is 240. The number of hydrogen-bond donors (Lipinski definition) is 4. The molecule has 0 bridgehead atoms. The highest BCUT2D eigenvalue weighted by Crippen LogP contribution is 2.17. The first kappa shape index (κ1) is 19.2. The second-order valence-electron chi connectivity index (χ2n) is 4.86. The molecule has 0 radical (unpaired) electrons. The van der Waals surface area contributed by atoms with Crippen LogP contribution in [0.1, 0.15) is 33.1 Å². The number of halogens is 1. The van der Waals surface area contributed by atoms with Crippen molar-refractivity contribution in [1.82, 2.24) is 5.32 Å². The maximum absolute atomic E-state index is 9.22. The third kappa shape index (κ3) is 9.73. The van der Waals surface area contributed by atoms with Crippen LogP contribution in [0.3, 0.4) is 0 Å². The Morgan fingerprint density at radius 1 is 1.32 bits per heavy atom. The van der Waals surface area contributed by atoms with Crippen LogP contribution in [0.4, 0.5) is 0 Å². The summed E-state index contributed by atoms with van der Waals surface area (Å²) in [6, 6.07) is 0.441. The molecule has 0 fully saturated rings. The van der Waals surface area contributed by atoms with Crippen molar-refractivity contribution in [3.8, 4) is 0 Å². The lowest BCUT2D eigenvalue weighted by molar-refractivity contribution is -0.0875. The molecule has 4 N–H and O–H groups in total. The number of alkyl halides is 1. The third-order valence-corrected chi connectivity index (χ3v) is 4.53. The summed E-state index contributed by atoms with van der Waals surface area (Å²) in [7, 11) is 0. The van der Waals surface area contributed by atoms with Gasteiger partial charge in [0.2, 0.25) is 0 Å². The highest BCUT2D eigenvalue weighted by molar-refractivity contribution is 14.1. The SMILES string of the molecule is CC[C@@H](CCC(C=NCO)CN[C@H](C)CI)C(O)O. The van der Waals surface area contributed by atoms with Crippen molar-refractivity contribution in [1.29, 1.82) is 0 Å². The normalized spacial score (nSPS) is 17.0. The van der Waals surface area contributed by atoms with Crippen molar-refractivity contribution in [2.45, 2.75) is 45.4 Å². The summed E-state index contributed by atoms with van der Waals surface area (Å²) in [4.78, 5) is 3.89. The fourth-order valence-electron chi connectivity index (χ4n) is 1.82. The molecule has 3 atom stereocenters. The van der Waals surface area contributed by atoms with Gasteiger partial charge in [0.05, 0.1) is 0 Å². The number of rotatable bonds is 11. The van der Waals surface area contributed by atoms with Crippen LogP contribution in [0.25, 0.3) is 0 Å². The smallest absolute Gasteiger partial charge is 0.154 e. The fraction of sp³-hybridized carbons (Fsp3) is 0.923. The van der Waals surface area contributed by atoms with E-state index in [0.29, 0.717) is 6.04 Å². The zero-order valence-electron chi connectivity index (χ0n) is 11.8. The van der Waals surface area contributed by atoms with E-state index >= 15 is 0 Å². The van der Waals surface area contributed by atoms with Crippen LogP contribution in [-0.2, 0) is 0 Å². The summed E-state index contributed by atoms with van der Waals surface area (Å²) in [6.45, 7) is 4.68. The van der Waals surface area contributed by atoms with E-state index in [1.165, 1.54) is 0 Å². The largest absolute Gasteiger partial charge is 0.375 e. The zero-order chi connectivity index (χ0) is 14.7. The Hall–Kier alpha value is 0.240. The lowest BCUT2D eigenvalue weighted by Gasteiger charge is -2.21. The predicted octanol–water partition coefficient (Wildman–Crippen LogP) is 1.15. The number of aliphatic imine (C=N–C) groups is 1. The molecule has 6 heteroatoms. The van der Waals surface area contributed by atoms with E-state index in [9.17, 15) is 10.2 Å². The van der Waals surface area contributed by atoms with Gasteiger partial charge in [-0.3, -0.25) is 4.99 Å². The highest BCUT2D eigenvalue weighted by atomic mass is 127. The number of nitrogens with zero attached hydrogens (tertiary/aromatic N) is 1. The van der Waals surface area contributed by atoms with E-state index in [2.05, 4.69) is 39.8 Å². The molecule has 0 saturated carbocycles. The van der Waals surface area contributed by atoms with Gasteiger partial charge in [-0.15, -0.1) is 0 Å². The molecule has 0 aromatic heterocycles. The Labute approximate surface area is 129 Å². The van der Waals surface area contributed by atoms with Crippen molar-refractivity contribution in [2.24, 2.45) is 16.8 Å². The van der Waals surface area contributed by atoms with Crippen LogP contribution < -0.4 is 5.32 Å². The molecule has 0 saturated heterocycles. The maximum atomic E-state index is 9.22. The highest BCUT2D eigenvalue weighted by Gasteiger charge is 2.17. The summed E-state index contributed by atoms with van der Waals surface area (Å²) in [5.74, 6) is 0.123. The van der Waals surface area contributed by atoms with Crippen LogP contribution in [-0.4, -0.2) is 51.6 Å². The standard InChI is InChI=1S/C13H27IN2O3/c1-3-12(13(18)19)5-4-11(7-15-9-17)8-16-10(2)6-14/h7,10-13,16-19H,3-6,8-9H2,1-2H3/t10-,11?,12+/m1/s1. The van der Waals surface area contributed by atoms with Gasteiger partial charge in [-0.05, 0) is 26.2 Å². The number of nitrogens with one attached hydrogen (secondary N) is 1. The van der Waals surface area contributed by atoms with Crippen LogP contribution in [0.2, 0.25) is 0 Å². The summed E-state index contributed by atoms with van der Waals surface area (Å²) >= 11 is 2.33. The molecule has 5 nitrogen and oxygen atoms in total. The molecule has 0 amide bonds. The summed E-state index contributed by atoms with van der Waals surface area (Å²) in [5.41, 5.74) is 0. The molecular formula is C13H27IN2O3. The minimum atomic E-state index is -1.25. The second-order valence-corrected chi connectivity index (χ2v) is 5.74. The number of aliphatic hydroxyl groups is 3. The Kier molecular flexibility index (Phi) is 12.2. The van der Waals surface area contributed by atoms with Gasteiger partial charge in [0.1, 0.15) is 6.73 Å². The summed E-state index contributed by atoms with van der Waals surface area (Å²) in [5, 5.41) is 30.6. The van der Waals surface area contributed by atoms with Crippen molar-refractivity contribution < 1.29 is 15.3 Å². The van der Waals surface area contributed by atoms with Gasteiger partial charge in [0.25, 0.3) is 0 Å². The zero-order valence-corrected chi connectivity index (χ0v) is 14.0. The number of aliphatic hydroxyl groups excluding tert-OH is 2. The van der Waals surface area contributed by atoms with Crippen LogP contribution in [0.5, 0.6) is 0 Å². The monoisotopic (exact) mass is 386 g/mol. The van der Waals surface area contributed by atoms with E-state index < -0.39 is 6.29 Å². The fourth-order valence-corrected chi connectivity index (χ4v) is 2.14. The third-order valence-electron chi connectivity index (χ3n) is 3.21. The number of hydrogen-bond acceptors (Lipinski definition) is 5. The van der Waals surface area contributed by atoms with Crippen molar-refractivity contribution in [2.75, 3.05) is 17.7 Å². The minimum Gasteiger partial charge on any atom is -0.375 e. The van der Waals surface area contributed by atoms with Gasteiger partial charge in [0.15, 0.2) is 6.29 Å². The molecule has 0 spiro atoms. The van der Waals surface area contributed by atoms with E-state index in [1.54, 1.807) is 6.21 Å². The van der Waals surface area contributed by atoms with Gasteiger partial charge in [-0.1, -0.05) is 29.5 Å². The van der Waals surface area contributed by atoms with E-state index in [0.717, 1.165) is 30.2 Å². The Balaban J connectivity index is 4.22. The van der Waals surface area contributed by atoms with Gasteiger partial charge >= 0.3 is 0 Å². The van der Waals surface area contributed by atoms with Crippen molar-refractivity contribution in [3.63, 3.8) is 0 Å². The molecule has 0 aliphatic heterocycles. The average molecular weight is 386 g/mol. The molecule has 0 aliphatic rings. The summed E-state index contributed by atoms with van der Waals surface area (Å²) in [6.07, 6.45) is 2.85. The molecule has 0 heterocycles. The van der Waals surface area contributed by atoms with Gasteiger partial charge < -0.3 is 20.6 Å². The summed E-state index contributed by atoms with van der Waals surface area (Å²) < 4.78 is 1.04. The van der Waals surface area contributed by atoms with Gasteiger partial charge in [0, 0.05) is 35.1 Å². The topological polar surface area (TPSA) is 85.1 Å². The molecule has 1 unspecified atom stereocenters. The molecule has 19 heavy (non-hydrogen) atoms. The maximum Gasteiger partial charge on any atom is 0.154 e. The molecule has 114 valence electrons. The molecule has 0 aromatic carbocycles. The molecule has 0 aliphatic carbocycles. The Morgan fingerprint density at radius 3 is 2.47 bits per heavy atom. The van der Waals surface area contributed by atoms with E-state index in [4.69, 9.17) is 5.11 Å². The van der Waals surface area contributed by atoms with Crippen LogP contribution >= 0.6 is 22.6 Å². The molecule has 0 rings (SSSR count). The first-order chi connectivity index (χ1) is 9.04. The average Bonchev–Trinajstić information content (AvgIpc) is 2.40. The first-order valence-electron chi connectivity index (χ1n) is 6.81. The van der Waals surface area contributed by atoms with Crippen LogP contribution in [0.15, 0.2) is 4.99 Å². The minimum absolute atomic E-state index is 0.0907.